The molecule has 2 rings (SSSR count). The topological polar surface area (TPSA) is 32.5 Å². The molecule has 0 saturated carbocycles. The molecule has 0 radical (unpaired) electrons. The molecule has 1 aromatic carbocycles. The maximum Gasteiger partial charge on any atom is 0.124 e. The molecule has 0 bridgehead atoms. The summed E-state index contributed by atoms with van der Waals surface area (Å²) in [4.78, 5) is 5.17. The zero-order valence-electron chi connectivity index (χ0n) is 12.4. The smallest absolute Gasteiger partial charge is 0.124 e. The van der Waals surface area contributed by atoms with Gasteiger partial charge in [0.2, 0.25) is 0 Å². The lowest BCUT2D eigenvalue weighted by molar-refractivity contribution is 0.0821. The van der Waals surface area contributed by atoms with Crippen molar-refractivity contribution in [2.45, 2.75) is 25.9 Å². The lowest BCUT2D eigenvalue weighted by atomic mass is 10.0. The molecule has 0 aromatic heterocycles. The predicted octanol–water partition coefficient (Wildman–Crippen LogP) is 2.77. The number of halogens is 2. The van der Waals surface area contributed by atoms with E-state index in [4.69, 9.17) is 18.0 Å². The Morgan fingerprint density at radius 2 is 1.90 bits per heavy atom. The van der Waals surface area contributed by atoms with Crippen LogP contribution in [0.15, 0.2) is 22.7 Å². The van der Waals surface area contributed by atoms with Gasteiger partial charge in [0.25, 0.3) is 0 Å². The summed E-state index contributed by atoms with van der Waals surface area (Å²) in [6.07, 6.45) is 0. The molecule has 0 unspecified atom stereocenters. The SMILES string of the molecule is CC(C)(C(N)=S)N1CCN(Cc2cc(F)cc(Br)c2)CC1. The lowest BCUT2D eigenvalue weighted by Gasteiger charge is -2.43. The molecule has 1 saturated heterocycles. The predicted molar refractivity (Wildman–Crippen MR) is 91.8 cm³/mol. The van der Waals surface area contributed by atoms with E-state index in [9.17, 15) is 4.39 Å². The Bertz CT molecular complexity index is 507. The Labute approximate surface area is 139 Å². The first-order valence-corrected chi connectivity index (χ1v) is 8.21. The van der Waals surface area contributed by atoms with Gasteiger partial charge in [-0.1, -0.05) is 28.1 Å². The molecule has 1 aromatic rings. The Hall–Kier alpha value is -0.560. The van der Waals surface area contributed by atoms with Crippen molar-refractivity contribution in [2.75, 3.05) is 26.2 Å². The number of benzene rings is 1. The lowest BCUT2D eigenvalue weighted by Crippen LogP contribution is -2.59. The van der Waals surface area contributed by atoms with E-state index < -0.39 is 0 Å². The van der Waals surface area contributed by atoms with Gasteiger partial charge in [-0.05, 0) is 37.6 Å². The van der Waals surface area contributed by atoms with Gasteiger partial charge < -0.3 is 5.73 Å². The number of rotatable bonds is 4. The summed E-state index contributed by atoms with van der Waals surface area (Å²) >= 11 is 8.49. The Kier molecular flexibility index (Phi) is 5.35. The van der Waals surface area contributed by atoms with Crippen LogP contribution < -0.4 is 5.73 Å². The van der Waals surface area contributed by atoms with Gasteiger partial charge in [-0.15, -0.1) is 0 Å². The van der Waals surface area contributed by atoms with Crippen molar-refractivity contribution in [2.24, 2.45) is 5.73 Å². The van der Waals surface area contributed by atoms with Crippen LogP contribution >= 0.6 is 28.1 Å². The van der Waals surface area contributed by atoms with Crippen molar-refractivity contribution in [1.29, 1.82) is 0 Å². The van der Waals surface area contributed by atoms with Crippen LogP contribution in [0.2, 0.25) is 0 Å². The molecular formula is C15H21BrFN3S. The van der Waals surface area contributed by atoms with Gasteiger partial charge in [-0.3, -0.25) is 9.80 Å². The maximum absolute atomic E-state index is 13.4. The van der Waals surface area contributed by atoms with Crippen molar-refractivity contribution in [1.82, 2.24) is 9.80 Å². The summed E-state index contributed by atoms with van der Waals surface area (Å²) in [6.45, 7) is 8.59. The Morgan fingerprint density at radius 1 is 1.29 bits per heavy atom. The summed E-state index contributed by atoms with van der Waals surface area (Å²) in [7, 11) is 0. The molecule has 2 N–H and O–H groups in total. The third-order valence-corrected chi connectivity index (χ3v) is 5.05. The second-order valence-electron chi connectivity index (χ2n) is 5.96. The van der Waals surface area contributed by atoms with Crippen molar-refractivity contribution < 1.29 is 4.39 Å². The number of piperazine rings is 1. The van der Waals surface area contributed by atoms with Crippen LogP contribution in [0.4, 0.5) is 4.39 Å². The minimum absolute atomic E-state index is 0.201. The fourth-order valence-electron chi connectivity index (χ4n) is 2.58. The summed E-state index contributed by atoms with van der Waals surface area (Å²) < 4.78 is 14.2. The van der Waals surface area contributed by atoms with Crippen LogP contribution in [0.5, 0.6) is 0 Å². The number of nitrogens with zero attached hydrogens (tertiary/aromatic N) is 2. The molecule has 3 nitrogen and oxygen atoms in total. The van der Waals surface area contributed by atoms with Crippen LogP contribution in [0.1, 0.15) is 19.4 Å². The number of thiocarbonyl (C=S) groups is 1. The molecule has 0 amide bonds. The van der Waals surface area contributed by atoms with Crippen LogP contribution in [-0.2, 0) is 6.54 Å². The highest BCUT2D eigenvalue weighted by atomic mass is 79.9. The van der Waals surface area contributed by atoms with E-state index in [1.54, 1.807) is 6.07 Å². The van der Waals surface area contributed by atoms with Crippen molar-refractivity contribution in [3.8, 4) is 0 Å². The summed E-state index contributed by atoms with van der Waals surface area (Å²) in [5, 5.41) is 0. The largest absolute Gasteiger partial charge is 0.392 e. The van der Waals surface area contributed by atoms with Crippen LogP contribution in [-0.4, -0.2) is 46.5 Å². The summed E-state index contributed by atoms with van der Waals surface area (Å²) in [5.74, 6) is -0.201. The van der Waals surface area contributed by atoms with Gasteiger partial charge in [-0.25, -0.2) is 4.39 Å². The van der Waals surface area contributed by atoms with E-state index in [1.165, 1.54) is 6.07 Å². The molecular weight excluding hydrogens is 353 g/mol. The second kappa shape index (κ2) is 6.69. The van der Waals surface area contributed by atoms with Crippen LogP contribution in [0.3, 0.4) is 0 Å². The average molecular weight is 374 g/mol. The first kappa shape index (κ1) is 16.8. The highest BCUT2D eigenvalue weighted by molar-refractivity contribution is 9.10. The molecule has 0 atom stereocenters. The summed E-state index contributed by atoms with van der Waals surface area (Å²) in [5.41, 5.74) is 6.56. The Balaban J connectivity index is 1.94. The minimum Gasteiger partial charge on any atom is -0.392 e. The van der Waals surface area contributed by atoms with E-state index in [2.05, 4.69) is 39.6 Å². The maximum atomic E-state index is 13.4. The average Bonchev–Trinajstić information content (AvgIpc) is 2.37. The third-order valence-electron chi connectivity index (χ3n) is 4.09. The van der Waals surface area contributed by atoms with Crippen molar-refractivity contribution in [3.63, 3.8) is 0 Å². The normalized spacial score (nSPS) is 17.9. The first-order valence-electron chi connectivity index (χ1n) is 7.01. The first-order chi connectivity index (χ1) is 9.79. The molecule has 116 valence electrons. The van der Waals surface area contributed by atoms with E-state index >= 15 is 0 Å². The standard InChI is InChI=1S/C15H21BrFN3S/c1-15(2,14(18)21)20-5-3-19(4-6-20)10-11-7-12(16)9-13(17)8-11/h7-9H,3-6,10H2,1-2H3,(H2,18,21). The fraction of sp³-hybridized carbons (Fsp3) is 0.533. The summed E-state index contributed by atoms with van der Waals surface area (Å²) in [6, 6.07) is 5.04. The van der Waals surface area contributed by atoms with Crippen LogP contribution in [0.25, 0.3) is 0 Å². The van der Waals surface area contributed by atoms with Crippen LogP contribution in [0, 0.1) is 5.82 Å². The second-order valence-corrected chi connectivity index (χ2v) is 7.32. The molecule has 1 fully saturated rings. The van der Waals surface area contributed by atoms with Gasteiger partial charge in [0, 0.05) is 37.2 Å². The van der Waals surface area contributed by atoms with Gasteiger partial charge in [0.1, 0.15) is 5.82 Å². The molecule has 0 spiro atoms. The zero-order chi connectivity index (χ0) is 15.6. The van der Waals surface area contributed by atoms with Gasteiger partial charge in [0.05, 0.1) is 10.5 Å². The molecule has 6 heteroatoms. The van der Waals surface area contributed by atoms with Crippen molar-refractivity contribution in [3.05, 3.63) is 34.1 Å². The fourth-order valence-corrected chi connectivity index (χ4v) is 3.22. The molecule has 1 heterocycles. The highest BCUT2D eigenvalue weighted by Crippen LogP contribution is 2.20. The van der Waals surface area contributed by atoms with Crippen molar-refractivity contribution >= 4 is 33.1 Å². The van der Waals surface area contributed by atoms with Gasteiger partial charge in [0.15, 0.2) is 0 Å². The molecule has 1 aliphatic rings. The van der Waals surface area contributed by atoms with E-state index in [-0.39, 0.29) is 11.4 Å². The van der Waals surface area contributed by atoms with E-state index in [0.29, 0.717) is 4.99 Å². The number of hydrogen-bond donors (Lipinski definition) is 1. The Morgan fingerprint density at radius 3 is 2.43 bits per heavy atom. The monoisotopic (exact) mass is 373 g/mol. The van der Waals surface area contributed by atoms with E-state index in [1.807, 2.05) is 6.07 Å². The number of nitrogens with two attached hydrogens (primary N) is 1. The highest BCUT2D eigenvalue weighted by Gasteiger charge is 2.32. The molecule has 1 aliphatic heterocycles. The molecule has 21 heavy (non-hydrogen) atoms. The van der Waals surface area contributed by atoms with Gasteiger partial charge in [-0.2, -0.15) is 0 Å². The third kappa shape index (κ3) is 4.22. The minimum atomic E-state index is -0.247. The van der Waals surface area contributed by atoms with E-state index in [0.717, 1.165) is 42.8 Å². The zero-order valence-corrected chi connectivity index (χ0v) is 14.8. The van der Waals surface area contributed by atoms with Gasteiger partial charge >= 0.3 is 0 Å². The number of hydrogen-bond acceptors (Lipinski definition) is 3. The molecule has 0 aliphatic carbocycles. The quantitative estimate of drug-likeness (QED) is 0.822.